The Morgan fingerprint density at radius 3 is 2.49 bits per heavy atom. The molecule has 2 aromatic heterocycles. The number of piperidine rings is 1. The van der Waals surface area contributed by atoms with Crippen LogP contribution < -0.4 is 24.6 Å². The average molecular weight is 1020 g/mol. The van der Waals surface area contributed by atoms with E-state index in [1.807, 2.05) is 37.4 Å². The SMILES string of the molecule is CC(C)c1ccccc1[C@@H]1COCCN1[C@H]1CC2(CCN(c3ccc(C(=O)NS(=O)(=O)c4ccc(NCC5CCC(C)(O)CC5)c([N+](=O)[O-])c4)c(N4c5cc6cc[nH]c6nc5O[C@H]5COCC[C@@H]54)c3)CC2)[C@@H]1C. The van der Waals surface area contributed by atoms with Crippen molar-refractivity contribution in [3.05, 3.63) is 106 Å². The number of carbonyl (C=O) groups excluding carboxylic acids is 1. The quantitative estimate of drug-likeness (QED) is 0.0681. The van der Waals surface area contributed by atoms with E-state index < -0.39 is 43.1 Å². The Morgan fingerprint density at radius 2 is 1.73 bits per heavy atom. The molecule has 4 N–H and O–H groups in total. The fourth-order valence-electron chi connectivity index (χ4n) is 13.0. The number of hydrogen-bond acceptors (Lipinski definition) is 14. The van der Waals surface area contributed by atoms with Crippen molar-refractivity contribution in [3.8, 4) is 5.88 Å². The summed E-state index contributed by atoms with van der Waals surface area (Å²) in [7, 11) is -4.63. The van der Waals surface area contributed by atoms with Gasteiger partial charge >= 0.3 is 0 Å². The topological polar surface area (TPSA) is 205 Å². The molecule has 11 rings (SSSR count). The number of carbonyl (C=O) groups is 1. The van der Waals surface area contributed by atoms with Gasteiger partial charge < -0.3 is 39.4 Å². The van der Waals surface area contributed by atoms with E-state index in [4.69, 9.17) is 19.2 Å². The number of nitrogens with zero attached hydrogens (tertiary/aromatic N) is 5. The Morgan fingerprint density at radius 1 is 0.945 bits per heavy atom. The van der Waals surface area contributed by atoms with Crippen molar-refractivity contribution in [2.75, 3.05) is 67.7 Å². The monoisotopic (exact) mass is 1020 g/mol. The molecule has 0 bridgehead atoms. The van der Waals surface area contributed by atoms with Gasteiger partial charge in [0.1, 0.15) is 23.1 Å². The molecule has 1 amide bonds. The number of H-pyrrole nitrogens is 1. The van der Waals surface area contributed by atoms with Crippen molar-refractivity contribution in [2.24, 2.45) is 17.3 Å². The second kappa shape index (κ2) is 19.5. The van der Waals surface area contributed by atoms with Crippen LogP contribution in [0.15, 0.2) is 83.9 Å². The van der Waals surface area contributed by atoms with Crippen molar-refractivity contribution in [1.82, 2.24) is 19.6 Å². The Hall–Kier alpha value is -5.79. The summed E-state index contributed by atoms with van der Waals surface area (Å²) in [6, 6.07) is 22.4. The molecule has 73 heavy (non-hydrogen) atoms. The van der Waals surface area contributed by atoms with Crippen LogP contribution in [-0.4, -0.2) is 116 Å². The number of morpholine rings is 1. The maximum absolute atomic E-state index is 14.7. The normalized spacial score (nSPS) is 27.2. The third-order valence-electron chi connectivity index (χ3n) is 17.4. The van der Waals surface area contributed by atoms with E-state index in [0.717, 1.165) is 75.5 Å². The maximum atomic E-state index is 14.7. The van der Waals surface area contributed by atoms with Gasteiger partial charge in [0.15, 0.2) is 0 Å². The second-order valence-electron chi connectivity index (χ2n) is 22.1. The van der Waals surface area contributed by atoms with Gasteiger partial charge in [0.25, 0.3) is 21.6 Å². The zero-order valence-corrected chi connectivity index (χ0v) is 43.0. The van der Waals surface area contributed by atoms with Crippen LogP contribution in [0.5, 0.6) is 5.88 Å². The lowest BCUT2D eigenvalue weighted by Gasteiger charge is -2.62. The zero-order valence-electron chi connectivity index (χ0n) is 42.2. The number of aromatic nitrogens is 2. The molecular formula is C55H68N8O9S. The Labute approximate surface area is 427 Å². The first kappa shape index (κ1) is 49.4. The van der Waals surface area contributed by atoms with Crippen LogP contribution >= 0.6 is 0 Å². The van der Waals surface area contributed by atoms with Crippen LogP contribution in [0, 0.1) is 27.4 Å². The standard InChI is InChI=1S/C55H68N8O9S/c1-34(2)40-7-5-6-8-41(40)49-32-71-26-24-61(49)48-30-55(35(48)3)19-22-60(23-20-55)38-9-11-42(45(28-38)62-44-16-25-70-33-50(44)72-53-47(62)27-37-15-21-56-51(37)58-53)52(64)59-73(68,69)39-10-12-43(46(29-39)63(66)67)57-31-36-13-17-54(4,65)18-14-36/h5-12,15,21,27-29,34-36,44,48-50,57,65H,13-14,16-20,22-26,30-33H2,1-4H3,(H,56,58)(H,59,64)/t35-,36?,44+,48+,49+,50+,54?/m1/s1. The summed E-state index contributed by atoms with van der Waals surface area (Å²) < 4.78 is 49.3. The van der Waals surface area contributed by atoms with E-state index >= 15 is 0 Å². The van der Waals surface area contributed by atoms with Gasteiger partial charge in [-0.25, -0.2) is 13.1 Å². The van der Waals surface area contributed by atoms with Gasteiger partial charge in [-0.15, -0.1) is 0 Å². The van der Waals surface area contributed by atoms with Gasteiger partial charge in [0.2, 0.25) is 5.88 Å². The van der Waals surface area contributed by atoms with E-state index in [0.29, 0.717) is 86.4 Å². The number of anilines is 4. The third-order valence-corrected chi connectivity index (χ3v) is 18.7. The highest BCUT2D eigenvalue weighted by molar-refractivity contribution is 7.90. The average Bonchev–Trinajstić information content (AvgIpc) is 3.85. The lowest BCUT2D eigenvalue weighted by molar-refractivity contribution is -0.384. The summed E-state index contributed by atoms with van der Waals surface area (Å²) in [6.45, 7) is 14.0. The first-order chi connectivity index (χ1) is 35.1. The number of fused-ring (bicyclic) bond motifs is 3. The van der Waals surface area contributed by atoms with Crippen LogP contribution in [0.25, 0.3) is 11.0 Å². The summed E-state index contributed by atoms with van der Waals surface area (Å²) in [6.07, 6.45) is 7.90. The predicted octanol–water partition coefficient (Wildman–Crippen LogP) is 8.82. The van der Waals surface area contributed by atoms with Crippen molar-refractivity contribution in [1.29, 1.82) is 0 Å². The van der Waals surface area contributed by atoms with Crippen molar-refractivity contribution in [3.63, 3.8) is 0 Å². The number of sulfonamides is 1. The van der Waals surface area contributed by atoms with Gasteiger partial charge in [-0.3, -0.25) is 19.8 Å². The molecule has 5 fully saturated rings. The number of rotatable bonds is 12. The molecule has 0 radical (unpaired) electrons. The molecule has 5 aromatic rings. The summed E-state index contributed by atoms with van der Waals surface area (Å²) in [5, 5.41) is 26.8. The number of nitrogens with one attached hydrogen (secondary N) is 3. The highest BCUT2D eigenvalue weighted by atomic mass is 32.2. The Bertz CT molecular complexity index is 3000. The fourth-order valence-corrected chi connectivity index (χ4v) is 13.9. The summed E-state index contributed by atoms with van der Waals surface area (Å²) in [5.41, 5.74) is 4.81. The van der Waals surface area contributed by atoms with Gasteiger partial charge in [-0.05, 0) is 135 Å². The summed E-state index contributed by atoms with van der Waals surface area (Å²) in [5.74, 6) is 0.599. The van der Waals surface area contributed by atoms with E-state index in [1.54, 1.807) is 6.07 Å². The number of pyridine rings is 1. The number of benzene rings is 3. The number of nitro groups is 1. The minimum Gasteiger partial charge on any atom is -0.468 e. The predicted molar refractivity (Wildman–Crippen MR) is 279 cm³/mol. The van der Waals surface area contributed by atoms with E-state index in [2.05, 4.69) is 74.8 Å². The molecule has 3 saturated heterocycles. The molecule has 388 valence electrons. The van der Waals surface area contributed by atoms with Crippen molar-refractivity contribution >= 4 is 55.4 Å². The molecule has 2 saturated carbocycles. The second-order valence-corrected chi connectivity index (χ2v) is 23.8. The number of amides is 1. The number of ether oxygens (including phenoxy) is 3. The van der Waals surface area contributed by atoms with Crippen molar-refractivity contribution in [2.45, 2.75) is 120 Å². The fraction of sp³-hybridized carbons (Fsp3) is 0.527. The lowest BCUT2D eigenvalue weighted by Crippen LogP contribution is -2.63. The van der Waals surface area contributed by atoms with Crippen LogP contribution in [0.1, 0.15) is 113 Å². The molecule has 2 aliphatic carbocycles. The van der Waals surface area contributed by atoms with Gasteiger partial charge in [-0.2, -0.15) is 4.98 Å². The molecular weight excluding hydrogens is 949 g/mol. The van der Waals surface area contributed by atoms with Crippen LogP contribution in [-0.2, 0) is 19.5 Å². The first-order valence-corrected chi connectivity index (χ1v) is 27.7. The highest BCUT2D eigenvalue weighted by Crippen LogP contribution is 2.57. The number of aromatic amines is 1. The molecule has 3 aromatic carbocycles. The maximum Gasteiger partial charge on any atom is 0.293 e. The van der Waals surface area contributed by atoms with Crippen LogP contribution in [0.2, 0.25) is 0 Å². The third kappa shape index (κ3) is 9.42. The Balaban J connectivity index is 0.873. The van der Waals surface area contributed by atoms with Crippen LogP contribution in [0.3, 0.4) is 0 Å². The summed E-state index contributed by atoms with van der Waals surface area (Å²) >= 11 is 0. The number of hydrogen-bond donors (Lipinski definition) is 4. The molecule has 17 nitrogen and oxygen atoms in total. The van der Waals surface area contributed by atoms with Crippen LogP contribution in [0.4, 0.5) is 28.4 Å². The number of aliphatic hydroxyl groups is 1. The molecule has 0 unspecified atom stereocenters. The lowest BCUT2D eigenvalue weighted by atomic mass is 9.53. The first-order valence-electron chi connectivity index (χ1n) is 26.2. The molecule has 18 heteroatoms. The van der Waals surface area contributed by atoms with Gasteiger partial charge in [0.05, 0.1) is 58.6 Å². The van der Waals surface area contributed by atoms with E-state index in [-0.39, 0.29) is 34.7 Å². The van der Waals surface area contributed by atoms with E-state index in [9.17, 15) is 28.4 Å². The minimum atomic E-state index is -4.63. The zero-order chi connectivity index (χ0) is 50.8. The largest absolute Gasteiger partial charge is 0.468 e. The minimum absolute atomic E-state index is 0.113. The van der Waals surface area contributed by atoms with Gasteiger partial charge in [-0.1, -0.05) is 45.0 Å². The smallest absolute Gasteiger partial charge is 0.293 e. The van der Waals surface area contributed by atoms with Crippen molar-refractivity contribution < 1.29 is 37.5 Å². The Kier molecular flexibility index (Phi) is 13.2. The van der Waals surface area contributed by atoms with Gasteiger partial charge in [0, 0.05) is 62.2 Å². The summed E-state index contributed by atoms with van der Waals surface area (Å²) in [4.78, 5) is 41.3. The molecule has 6 heterocycles. The number of nitro benzene ring substituents is 1. The molecule has 6 aliphatic rings. The molecule has 4 aliphatic heterocycles. The van der Waals surface area contributed by atoms with E-state index in [1.165, 1.54) is 23.3 Å². The molecule has 5 atom stereocenters. The molecule has 1 spiro atoms. The highest BCUT2D eigenvalue weighted by Gasteiger charge is 2.55.